The predicted octanol–water partition coefficient (Wildman–Crippen LogP) is 6.38. The van der Waals surface area contributed by atoms with Crippen LogP contribution in [0, 0.1) is 22.9 Å². The lowest BCUT2D eigenvalue weighted by atomic mass is 10.1. The molecule has 0 saturated carbocycles. The van der Waals surface area contributed by atoms with Crippen LogP contribution >= 0.6 is 0 Å². The number of aromatic nitrogens is 3. The normalized spacial score (nSPS) is 12.4. The lowest BCUT2D eigenvalue weighted by Gasteiger charge is -2.38. The highest BCUT2D eigenvalue weighted by atomic mass is 28.3. The van der Waals surface area contributed by atoms with Crippen molar-refractivity contribution in [3.63, 3.8) is 0 Å². The Bertz CT molecular complexity index is 1250. The van der Waals surface area contributed by atoms with Crippen molar-refractivity contribution >= 4 is 28.0 Å². The molecule has 0 aliphatic rings. The van der Waals surface area contributed by atoms with Gasteiger partial charge in [0.05, 0.1) is 25.7 Å². The van der Waals surface area contributed by atoms with Crippen molar-refractivity contribution in [2.24, 2.45) is 0 Å². The molecule has 9 heteroatoms. The Labute approximate surface area is 256 Å². The zero-order chi connectivity index (χ0) is 31.3. The van der Waals surface area contributed by atoms with Crippen LogP contribution < -0.4 is 10.6 Å². The molecule has 0 saturated heterocycles. The van der Waals surface area contributed by atoms with Crippen LogP contribution in [0.3, 0.4) is 0 Å². The minimum atomic E-state index is -1.91. The Hall–Kier alpha value is -3.15. The van der Waals surface area contributed by atoms with Gasteiger partial charge in [-0.2, -0.15) is 0 Å². The van der Waals surface area contributed by atoms with E-state index in [-0.39, 0.29) is 31.3 Å². The van der Waals surface area contributed by atoms with Gasteiger partial charge >= 0.3 is 0 Å². The average Bonchev–Trinajstić information content (AvgIpc) is 3.46. The lowest BCUT2D eigenvalue weighted by Crippen LogP contribution is -2.43. The fraction of sp³-hybridized carbons (Fsp3) is 0.576. The third-order valence-electron chi connectivity index (χ3n) is 8.86. The van der Waals surface area contributed by atoms with E-state index in [2.05, 4.69) is 106 Å². The molecule has 0 aliphatic carbocycles. The van der Waals surface area contributed by atoms with Gasteiger partial charge in [0.25, 0.3) is 0 Å². The highest BCUT2D eigenvalue weighted by molar-refractivity contribution is 6.90. The second kappa shape index (κ2) is 16.5. The summed E-state index contributed by atoms with van der Waals surface area (Å²) >= 11 is 0. The molecule has 1 atom stereocenters. The second-order valence-electron chi connectivity index (χ2n) is 12.0. The van der Waals surface area contributed by atoms with Gasteiger partial charge in [-0.25, -0.2) is 4.68 Å². The highest BCUT2D eigenvalue weighted by Crippen LogP contribution is 2.40. The molecular formula is C33H51N5O2Si2. The Balaban J connectivity index is 2.23. The summed E-state index contributed by atoms with van der Waals surface area (Å²) in [5.41, 5.74) is 10.2. The van der Waals surface area contributed by atoms with Crippen molar-refractivity contribution in [2.75, 3.05) is 13.1 Å². The maximum atomic E-state index is 13.5. The van der Waals surface area contributed by atoms with Crippen LogP contribution in [0.25, 0.3) is 11.3 Å². The van der Waals surface area contributed by atoms with Crippen molar-refractivity contribution in [3.8, 4) is 34.2 Å². The number of hydrogen-bond acceptors (Lipinski definition) is 4. The Kier molecular flexibility index (Phi) is 13.8. The van der Waals surface area contributed by atoms with E-state index >= 15 is 0 Å². The molecule has 0 radical (unpaired) electrons. The summed E-state index contributed by atoms with van der Waals surface area (Å²) < 4.78 is 1.48. The average molecular weight is 606 g/mol. The monoisotopic (exact) mass is 605 g/mol. The summed E-state index contributed by atoms with van der Waals surface area (Å²) in [5.74, 6) is 5.91. The number of amides is 2. The first-order valence-corrected chi connectivity index (χ1v) is 20.3. The number of nitrogens with one attached hydrogen (secondary N) is 2. The summed E-state index contributed by atoms with van der Waals surface area (Å²) in [7, 11) is -3.49. The van der Waals surface area contributed by atoms with Crippen molar-refractivity contribution in [3.05, 3.63) is 36.5 Å². The van der Waals surface area contributed by atoms with Gasteiger partial charge in [0.15, 0.2) is 0 Å². The molecule has 0 aliphatic heterocycles. The van der Waals surface area contributed by atoms with Gasteiger partial charge in [-0.1, -0.05) is 110 Å². The maximum absolute atomic E-state index is 13.5. The van der Waals surface area contributed by atoms with Crippen LogP contribution in [0.2, 0.25) is 34.8 Å². The standard InChI is InChI=1S/C33H51N5O2Si2/c1-10-41(11-2,12-3)22-16-20-34-32(39)24-31(38-25-30(36-37-38)29-18-14-13-15-19-29)33(40)35-21-17-23-42(26(4)5,27(6)7)28(8)9/h13-15,18-19,25-28,31H,10-12,20-21,24H2,1-9H3,(H,34,39)(H,35,40)/t31-/m0/s1. The van der Waals surface area contributed by atoms with E-state index in [4.69, 9.17) is 0 Å². The summed E-state index contributed by atoms with van der Waals surface area (Å²) in [6, 6.07) is 12.1. The molecule has 2 amide bonds. The van der Waals surface area contributed by atoms with Crippen LogP contribution in [-0.2, 0) is 9.59 Å². The van der Waals surface area contributed by atoms with Gasteiger partial charge in [0, 0.05) is 5.56 Å². The Morgan fingerprint density at radius 1 is 0.833 bits per heavy atom. The molecule has 2 rings (SSSR count). The van der Waals surface area contributed by atoms with Crippen molar-refractivity contribution in [1.82, 2.24) is 25.6 Å². The van der Waals surface area contributed by atoms with E-state index in [0.29, 0.717) is 22.3 Å². The molecule has 0 fully saturated rings. The van der Waals surface area contributed by atoms with Crippen molar-refractivity contribution < 1.29 is 9.59 Å². The molecule has 7 nitrogen and oxygen atoms in total. The number of carbonyl (C=O) groups is 2. The second-order valence-corrected chi connectivity index (χ2v) is 22.5. The predicted molar refractivity (Wildman–Crippen MR) is 179 cm³/mol. The van der Waals surface area contributed by atoms with Crippen LogP contribution in [0.5, 0.6) is 0 Å². The molecule has 42 heavy (non-hydrogen) atoms. The molecule has 1 aromatic carbocycles. The minimum absolute atomic E-state index is 0.0703. The van der Waals surface area contributed by atoms with E-state index in [1.165, 1.54) is 4.68 Å². The summed E-state index contributed by atoms with van der Waals surface area (Å²) in [6.45, 7) is 20.7. The largest absolute Gasteiger partial charge is 0.345 e. The van der Waals surface area contributed by atoms with Gasteiger partial charge in [-0.15, -0.1) is 16.2 Å². The topological polar surface area (TPSA) is 88.9 Å². The first kappa shape index (κ1) is 35.1. The summed E-state index contributed by atoms with van der Waals surface area (Å²) in [5, 5.41) is 14.4. The first-order valence-electron chi connectivity index (χ1n) is 15.5. The van der Waals surface area contributed by atoms with Crippen LogP contribution in [0.15, 0.2) is 36.5 Å². The van der Waals surface area contributed by atoms with Gasteiger partial charge in [-0.05, 0) is 34.8 Å². The zero-order valence-corrected chi connectivity index (χ0v) is 29.2. The molecule has 0 spiro atoms. The quantitative estimate of drug-likeness (QED) is 0.205. The number of carbonyl (C=O) groups excluding carboxylic acids is 2. The van der Waals surface area contributed by atoms with Gasteiger partial charge in [0.1, 0.15) is 27.9 Å². The SMILES string of the molecule is CC[Si](C#CCNC(=O)C[C@@H](C(=O)NCC#C[Si](C(C)C)(C(C)C)C(C)C)n1cc(-c2ccccc2)nn1)(CC)CC. The third-order valence-corrected chi connectivity index (χ3v) is 20.0. The fourth-order valence-corrected chi connectivity index (χ4v) is 13.7. The van der Waals surface area contributed by atoms with Crippen LogP contribution in [0.1, 0.15) is 74.8 Å². The van der Waals surface area contributed by atoms with E-state index in [9.17, 15) is 9.59 Å². The summed E-state index contributed by atoms with van der Waals surface area (Å²) in [6.07, 6.45) is 1.65. The Morgan fingerprint density at radius 2 is 1.38 bits per heavy atom. The smallest absolute Gasteiger partial charge is 0.246 e. The fourth-order valence-electron chi connectivity index (χ4n) is 5.99. The molecule has 1 heterocycles. The highest BCUT2D eigenvalue weighted by Gasteiger charge is 2.41. The molecule has 0 unspecified atom stereocenters. The number of nitrogens with zero attached hydrogens (tertiary/aromatic N) is 3. The van der Waals surface area contributed by atoms with Crippen LogP contribution in [-0.4, -0.2) is 56.0 Å². The molecular weight excluding hydrogens is 555 g/mol. The lowest BCUT2D eigenvalue weighted by molar-refractivity contribution is -0.129. The number of rotatable bonds is 13. The molecule has 1 aromatic heterocycles. The van der Waals surface area contributed by atoms with Gasteiger partial charge in [0.2, 0.25) is 11.8 Å². The van der Waals surface area contributed by atoms with E-state index < -0.39 is 22.2 Å². The minimum Gasteiger partial charge on any atom is -0.345 e. The van der Waals surface area contributed by atoms with Crippen molar-refractivity contribution in [1.29, 1.82) is 0 Å². The van der Waals surface area contributed by atoms with Gasteiger partial charge in [-0.3, -0.25) is 9.59 Å². The third kappa shape index (κ3) is 8.93. The van der Waals surface area contributed by atoms with Crippen molar-refractivity contribution in [2.45, 2.75) is 110 Å². The van der Waals surface area contributed by atoms with E-state index in [0.717, 1.165) is 23.7 Å². The van der Waals surface area contributed by atoms with E-state index in [1.54, 1.807) is 6.20 Å². The summed E-state index contributed by atoms with van der Waals surface area (Å²) in [4.78, 5) is 26.5. The molecule has 2 N–H and O–H groups in total. The van der Waals surface area contributed by atoms with E-state index in [1.807, 2.05) is 30.3 Å². The van der Waals surface area contributed by atoms with Crippen LogP contribution in [0.4, 0.5) is 0 Å². The first-order chi connectivity index (χ1) is 20.0. The molecule has 2 aromatic rings. The maximum Gasteiger partial charge on any atom is 0.246 e. The molecule has 0 bridgehead atoms. The number of benzene rings is 1. The number of hydrogen-bond donors (Lipinski definition) is 2. The van der Waals surface area contributed by atoms with Gasteiger partial charge < -0.3 is 10.6 Å². The Morgan fingerprint density at radius 3 is 1.93 bits per heavy atom. The molecule has 228 valence electrons. The zero-order valence-electron chi connectivity index (χ0n) is 27.2.